The number of ether oxygens (including phenoxy) is 1. The van der Waals surface area contributed by atoms with E-state index in [9.17, 15) is 4.79 Å². The number of likely N-dealkylation sites (tertiary alicyclic amines) is 1. The molecule has 0 atom stereocenters. The standard InChI is InChI=1S/C25H23N3O3/c1-30-22-10-8-18(9-11-22)23-26-24(31-27-23)19-12-14-28(15-13-19)25(29)21-7-6-17-4-2-3-5-20(17)16-21/h2-11,16,19H,12-15H2,1H3. The average Bonchev–Trinajstić information content (AvgIpc) is 3.34. The predicted octanol–water partition coefficient (Wildman–Crippen LogP) is 4.92. The van der Waals surface area contributed by atoms with Crippen LogP contribution in [-0.2, 0) is 0 Å². The summed E-state index contributed by atoms with van der Waals surface area (Å²) in [5, 5.41) is 6.36. The number of hydrogen-bond donors (Lipinski definition) is 0. The molecular weight excluding hydrogens is 390 g/mol. The lowest BCUT2D eigenvalue weighted by Gasteiger charge is -2.30. The van der Waals surface area contributed by atoms with Gasteiger partial charge in [-0.15, -0.1) is 0 Å². The number of aromatic nitrogens is 2. The molecule has 5 rings (SSSR count). The zero-order chi connectivity index (χ0) is 21.2. The molecule has 6 heteroatoms. The van der Waals surface area contributed by atoms with Crippen LogP contribution >= 0.6 is 0 Å². The number of hydrogen-bond acceptors (Lipinski definition) is 5. The van der Waals surface area contributed by atoms with E-state index >= 15 is 0 Å². The number of carbonyl (C=O) groups excluding carboxylic acids is 1. The normalized spacial score (nSPS) is 14.7. The summed E-state index contributed by atoms with van der Waals surface area (Å²) in [7, 11) is 1.64. The predicted molar refractivity (Wildman–Crippen MR) is 118 cm³/mol. The largest absolute Gasteiger partial charge is 0.497 e. The molecule has 6 nitrogen and oxygen atoms in total. The van der Waals surface area contributed by atoms with Gasteiger partial charge in [-0.1, -0.05) is 35.5 Å². The lowest BCUT2D eigenvalue weighted by atomic mass is 9.96. The molecular formula is C25H23N3O3. The van der Waals surface area contributed by atoms with Gasteiger partial charge in [0.15, 0.2) is 0 Å². The highest BCUT2D eigenvalue weighted by molar-refractivity contribution is 5.98. The Balaban J connectivity index is 1.24. The van der Waals surface area contributed by atoms with Crippen LogP contribution in [-0.4, -0.2) is 41.1 Å². The molecule has 1 saturated heterocycles. The summed E-state index contributed by atoms with van der Waals surface area (Å²) in [6, 6.07) is 21.6. The van der Waals surface area contributed by atoms with Crippen molar-refractivity contribution in [1.82, 2.24) is 15.0 Å². The number of carbonyl (C=O) groups is 1. The van der Waals surface area contributed by atoms with Crippen LogP contribution in [0.5, 0.6) is 5.75 Å². The Labute approximate surface area is 180 Å². The molecule has 4 aromatic rings. The van der Waals surface area contributed by atoms with Gasteiger partial charge in [-0.05, 0) is 60.0 Å². The van der Waals surface area contributed by atoms with E-state index in [-0.39, 0.29) is 11.8 Å². The minimum Gasteiger partial charge on any atom is -0.497 e. The molecule has 1 aliphatic rings. The summed E-state index contributed by atoms with van der Waals surface area (Å²) >= 11 is 0. The number of piperidine rings is 1. The molecule has 1 aromatic heterocycles. The van der Waals surface area contributed by atoms with Crippen LogP contribution in [0.2, 0.25) is 0 Å². The van der Waals surface area contributed by atoms with Gasteiger partial charge in [0.05, 0.1) is 7.11 Å². The van der Waals surface area contributed by atoms with Crippen molar-refractivity contribution < 1.29 is 14.1 Å². The Kier molecular flexibility index (Phi) is 5.12. The van der Waals surface area contributed by atoms with E-state index < -0.39 is 0 Å². The molecule has 156 valence electrons. The van der Waals surface area contributed by atoms with Gasteiger partial charge in [0.2, 0.25) is 11.7 Å². The highest BCUT2D eigenvalue weighted by atomic mass is 16.5. The van der Waals surface area contributed by atoms with Crippen LogP contribution in [0.3, 0.4) is 0 Å². The van der Waals surface area contributed by atoms with E-state index in [2.05, 4.69) is 16.2 Å². The third kappa shape index (κ3) is 3.89. The Morgan fingerprint density at radius 1 is 1.00 bits per heavy atom. The second-order valence-corrected chi connectivity index (χ2v) is 7.81. The van der Waals surface area contributed by atoms with Crippen LogP contribution in [0.1, 0.15) is 35.0 Å². The molecule has 0 aliphatic carbocycles. The third-order valence-electron chi connectivity index (χ3n) is 5.92. The van der Waals surface area contributed by atoms with Gasteiger partial charge >= 0.3 is 0 Å². The first-order valence-corrected chi connectivity index (χ1v) is 10.5. The molecule has 1 amide bonds. The molecule has 0 radical (unpaired) electrons. The summed E-state index contributed by atoms with van der Waals surface area (Å²) in [5.74, 6) is 2.25. The maximum Gasteiger partial charge on any atom is 0.253 e. The van der Waals surface area contributed by atoms with E-state index in [0.717, 1.165) is 40.5 Å². The lowest BCUT2D eigenvalue weighted by molar-refractivity contribution is 0.0704. The number of fused-ring (bicyclic) bond motifs is 1. The van der Waals surface area contributed by atoms with Crippen molar-refractivity contribution in [3.8, 4) is 17.1 Å². The second-order valence-electron chi connectivity index (χ2n) is 7.81. The van der Waals surface area contributed by atoms with Crippen molar-refractivity contribution in [3.05, 3.63) is 78.2 Å². The summed E-state index contributed by atoms with van der Waals surface area (Å²) in [4.78, 5) is 19.5. The van der Waals surface area contributed by atoms with Crippen molar-refractivity contribution in [1.29, 1.82) is 0 Å². The zero-order valence-corrected chi connectivity index (χ0v) is 17.3. The number of methoxy groups -OCH3 is 1. The Hall–Kier alpha value is -3.67. The molecule has 1 fully saturated rings. The molecule has 0 saturated carbocycles. The molecule has 31 heavy (non-hydrogen) atoms. The van der Waals surface area contributed by atoms with Gasteiger partial charge in [-0.3, -0.25) is 4.79 Å². The first kappa shape index (κ1) is 19.3. The first-order valence-electron chi connectivity index (χ1n) is 10.5. The van der Waals surface area contributed by atoms with Crippen LogP contribution in [0.15, 0.2) is 71.3 Å². The van der Waals surface area contributed by atoms with Crippen molar-refractivity contribution >= 4 is 16.7 Å². The average molecular weight is 413 g/mol. The van der Waals surface area contributed by atoms with Crippen LogP contribution < -0.4 is 4.74 Å². The van der Waals surface area contributed by atoms with E-state index in [0.29, 0.717) is 24.8 Å². The summed E-state index contributed by atoms with van der Waals surface area (Å²) < 4.78 is 10.7. The van der Waals surface area contributed by atoms with Gasteiger partial charge in [0.1, 0.15) is 5.75 Å². The van der Waals surface area contributed by atoms with Gasteiger partial charge in [-0.25, -0.2) is 0 Å². The Morgan fingerprint density at radius 3 is 2.48 bits per heavy atom. The molecule has 1 aliphatic heterocycles. The zero-order valence-electron chi connectivity index (χ0n) is 17.3. The van der Waals surface area contributed by atoms with Gasteiger partial charge in [-0.2, -0.15) is 4.98 Å². The molecule has 0 spiro atoms. The number of rotatable bonds is 4. The maximum atomic E-state index is 13.0. The van der Waals surface area contributed by atoms with E-state index in [4.69, 9.17) is 9.26 Å². The summed E-state index contributed by atoms with van der Waals surface area (Å²) in [5.41, 5.74) is 1.62. The summed E-state index contributed by atoms with van der Waals surface area (Å²) in [6.45, 7) is 1.35. The SMILES string of the molecule is COc1ccc(-c2noc(C3CCN(C(=O)c4ccc5ccccc5c4)CC3)n2)cc1. The summed E-state index contributed by atoms with van der Waals surface area (Å²) in [6.07, 6.45) is 1.62. The van der Waals surface area contributed by atoms with Gasteiger partial charge in [0.25, 0.3) is 5.91 Å². The van der Waals surface area contributed by atoms with Crippen LogP contribution in [0.4, 0.5) is 0 Å². The van der Waals surface area contributed by atoms with Gasteiger partial charge < -0.3 is 14.2 Å². The number of nitrogens with zero attached hydrogens (tertiary/aromatic N) is 3. The van der Waals surface area contributed by atoms with Crippen LogP contribution in [0, 0.1) is 0 Å². The second kappa shape index (κ2) is 8.22. The van der Waals surface area contributed by atoms with Crippen molar-refractivity contribution in [3.63, 3.8) is 0 Å². The molecule has 0 unspecified atom stereocenters. The Bertz CT molecular complexity index is 1210. The van der Waals surface area contributed by atoms with Gasteiger partial charge in [0, 0.05) is 30.1 Å². The molecule has 2 heterocycles. The maximum absolute atomic E-state index is 13.0. The minimum absolute atomic E-state index is 0.0775. The Morgan fingerprint density at radius 2 is 1.74 bits per heavy atom. The minimum atomic E-state index is 0.0775. The van der Waals surface area contributed by atoms with Crippen molar-refractivity contribution in [2.24, 2.45) is 0 Å². The number of benzene rings is 3. The smallest absolute Gasteiger partial charge is 0.253 e. The van der Waals surface area contributed by atoms with Crippen LogP contribution in [0.25, 0.3) is 22.2 Å². The van der Waals surface area contributed by atoms with Crippen molar-refractivity contribution in [2.75, 3.05) is 20.2 Å². The molecule has 3 aromatic carbocycles. The highest BCUT2D eigenvalue weighted by Crippen LogP contribution is 2.30. The fourth-order valence-electron chi connectivity index (χ4n) is 4.09. The fourth-order valence-corrected chi connectivity index (χ4v) is 4.09. The molecule has 0 N–H and O–H groups in total. The fraction of sp³-hybridized carbons (Fsp3) is 0.240. The highest BCUT2D eigenvalue weighted by Gasteiger charge is 2.28. The quantitative estimate of drug-likeness (QED) is 0.475. The molecule has 0 bridgehead atoms. The van der Waals surface area contributed by atoms with Crippen molar-refractivity contribution in [2.45, 2.75) is 18.8 Å². The topological polar surface area (TPSA) is 68.5 Å². The van der Waals surface area contributed by atoms with E-state index in [1.54, 1.807) is 7.11 Å². The number of amides is 1. The van der Waals surface area contributed by atoms with E-state index in [1.165, 1.54) is 0 Å². The third-order valence-corrected chi connectivity index (χ3v) is 5.92. The lowest BCUT2D eigenvalue weighted by Crippen LogP contribution is -2.38. The first-order chi connectivity index (χ1) is 15.2. The van der Waals surface area contributed by atoms with E-state index in [1.807, 2.05) is 65.6 Å². The monoisotopic (exact) mass is 413 g/mol.